The first-order chi connectivity index (χ1) is 12.1. The Balaban J connectivity index is 1.52. The zero-order valence-corrected chi connectivity index (χ0v) is 12.9. The molecule has 1 aliphatic rings. The van der Waals surface area contributed by atoms with Gasteiger partial charge in [-0.05, 0) is 47.4 Å². The van der Waals surface area contributed by atoms with Crippen LogP contribution in [0.1, 0.15) is 16.1 Å². The molecule has 2 aromatic carbocycles. The van der Waals surface area contributed by atoms with E-state index in [9.17, 15) is 14.2 Å². The van der Waals surface area contributed by atoms with Gasteiger partial charge in [-0.25, -0.2) is 9.07 Å². The zero-order chi connectivity index (χ0) is 17.4. The summed E-state index contributed by atoms with van der Waals surface area (Å²) in [6.45, 7) is 0.344. The third-order valence-corrected chi connectivity index (χ3v) is 3.88. The first-order valence-corrected chi connectivity index (χ1v) is 7.52. The highest BCUT2D eigenvalue weighted by Crippen LogP contribution is 2.15. The van der Waals surface area contributed by atoms with Crippen molar-refractivity contribution in [3.05, 3.63) is 65.7 Å². The molecule has 124 valence electrons. The summed E-state index contributed by atoms with van der Waals surface area (Å²) >= 11 is 0. The molecular weight excluding hydrogens is 326 g/mol. The number of fused-ring (bicyclic) bond motifs is 1. The number of benzene rings is 2. The van der Waals surface area contributed by atoms with Gasteiger partial charge in [0.1, 0.15) is 5.82 Å². The van der Waals surface area contributed by atoms with Crippen LogP contribution in [-0.2, 0) is 11.3 Å². The number of halogens is 1. The van der Waals surface area contributed by atoms with Crippen molar-refractivity contribution in [1.82, 2.24) is 15.0 Å². The smallest absolute Gasteiger partial charge is 0.423 e. The van der Waals surface area contributed by atoms with Gasteiger partial charge in [0, 0.05) is 5.69 Å². The number of anilines is 1. The van der Waals surface area contributed by atoms with Gasteiger partial charge in [-0.2, -0.15) is 0 Å². The molecule has 2 heterocycles. The molecule has 0 bridgehead atoms. The Hall–Kier alpha value is -3.04. The lowest BCUT2D eigenvalue weighted by Crippen LogP contribution is -2.28. The second-order valence-electron chi connectivity index (χ2n) is 5.56. The quantitative estimate of drug-likeness (QED) is 0.692. The van der Waals surface area contributed by atoms with E-state index in [0.717, 1.165) is 5.56 Å². The van der Waals surface area contributed by atoms with E-state index >= 15 is 0 Å². The van der Waals surface area contributed by atoms with Crippen LogP contribution in [0.25, 0.3) is 5.69 Å². The molecule has 4 rings (SSSR count). The fourth-order valence-electron chi connectivity index (χ4n) is 2.58. The number of carbonyl (C=O) groups excluding carboxylic acids is 1. The van der Waals surface area contributed by atoms with Gasteiger partial charge >= 0.3 is 7.12 Å². The molecule has 0 radical (unpaired) electrons. The number of aromatic nitrogens is 3. The summed E-state index contributed by atoms with van der Waals surface area (Å²) in [6.07, 6.45) is 1.45. The van der Waals surface area contributed by atoms with Gasteiger partial charge in [-0.1, -0.05) is 11.3 Å². The summed E-state index contributed by atoms with van der Waals surface area (Å²) < 4.78 is 19.5. The minimum Gasteiger partial charge on any atom is -0.423 e. The molecule has 9 heteroatoms. The molecule has 0 unspecified atom stereocenters. The lowest BCUT2D eigenvalue weighted by atomic mass is 9.79. The first kappa shape index (κ1) is 15.5. The minimum atomic E-state index is -0.980. The molecule has 7 nitrogen and oxygen atoms in total. The van der Waals surface area contributed by atoms with Gasteiger partial charge in [-0.3, -0.25) is 4.79 Å². The predicted molar refractivity (Wildman–Crippen MR) is 88.1 cm³/mol. The highest BCUT2D eigenvalue weighted by atomic mass is 19.1. The van der Waals surface area contributed by atoms with E-state index in [0.29, 0.717) is 23.4 Å². The Morgan fingerprint density at radius 1 is 1.28 bits per heavy atom. The summed E-state index contributed by atoms with van der Waals surface area (Å²) in [6, 6.07) is 10.8. The Bertz CT molecular complexity index is 945. The van der Waals surface area contributed by atoms with Gasteiger partial charge in [0.2, 0.25) is 0 Å². The number of hydrogen-bond acceptors (Lipinski definition) is 5. The fraction of sp³-hybridized carbons (Fsp3) is 0.0625. The lowest BCUT2D eigenvalue weighted by molar-refractivity contribution is 0.102. The van der Waals surface area contributed by atoms with Crippen LogP contribution in [0.2, 0.25) is 0 Å². The summed E-state index contributed by atoms with van der Waals surface area (Å²) in [4.78, 5) is 12.3. The average molecular weight is 338 g/mol. The topological polar surface area (TPSA) is 89.3 Å². The highest BCUT2D eigenvalue weighted by Gasteiger charge is 2.27. The predicted octanol–water partition coefficient (Wildman–Crippen LogP) is 0.876. The van der Waals surface area contributed by atoms with E-state index in [1.807, 2.05) is 0 Å². The number of hydrogen-bond donors (Lipinski definition) is 2. The van der Waals surface area contributed by atoms with Crippen molar-refractivity contribution in [1.29, 1.82) is 0 Å². The molecule has 1 aliphatic heterocycles. The van der Waals surface area contributed by atoms with E-state index in [-0.39, 0.29) is 11.5 Å². The van der Waals surface area contributed by atoms with E-state index in [2.05, 4.69) is 15.6 Å². The first-order valence-electron chi connectivity index (χ1n) is 7.52. The van der Waals surface area contributed by atoms with Crippen LogP contribution >= 0.6 is 0 Å². The molecule has 2 N–H and O–H groups in total. The molecule has 1 amide bonds. The molecule has 0 saturated carbocycles. The van der Waals surface area contributed by atoms with Crippen molar-refractivity contribution in [3.8, 4) is 5.69 Å². The van der Waals surface area contributed by atoms with Crippen molar-refractivity contribution in [2.45, 2.75) is 6.61 Å². The van der Waals surface area contributed by atoms with Crippen molar-refractivity contribution >= 4 is 24.2 Å². The SMILES string of the molecule is O=C(Nc1ccc2c(c1)B(O)OC2)c1cn(-c2ccc(F)cc2)nn1. The molecular formula is C16H12BFN4O3. The maximum Gasteiger partial charge on any atom is 0.491 e. The molecule has 1 aromatic heterocycles. The molecule has 0 aliphatic carbocycles. The maximum atomic E-state index is 13.0. The summed E-state index contributed by atoms with van der Waals surface area (Å²) in [5.41, 5.74) is 2.73. The van der Waals surface area contributed by atoms with Crippen LogP contribution in [0.4, 0.5) is 10.1 Å². The van der Waals surface area contributed by atoms with E-state index in [1.165, 1.54) is 35.1 Å². The zero-order valence-electron chi connectivity index (χ0n) is 12.9. The van der Waals surface area contributed by atoms with Gasteiger partial charge in [0.05, 0.1) is 18.5 Å². The lowest BCUT2D eigenvalue weighted by Gasteiger charge is -2.05. The number of carbonyl (C=O) groups is 1. The Labute approximate surface area is 142 Å². The third-order valence-electron chi connectivity index (χ3n) is 3.88. The molecule has 3 aromatic rings. The normalized spacial score (nSPS) is 13.0. The van der Waals surface area contributed by atoms with E-state index in [1.54, 1.807) is 18.2 Å². The van der Waals surface area contributed by atoms with Crippen LogP contribution in [0.5, 0.6) is 0 Å². The minimum absolute atomic E-state index is 0.113. The fourth-order valence-corrected chi connectivity index (χ4v) is 2.58. The number of amides is 1. The van der Waals surface area contributed by atoms with E-state index < -0.39 is 13.0 Å². The molecule has 0 fully saturated rings. The van der Waals surface area contributed by atoms with Gasteiger partial charge < -0.3 is 15.0 Å². The van der Waals surface area contributed by atoms with Crippen LogP contribution in [0.3, 0.4) is 0 Å². The second-order valence-corrected chi connectivity index (χ2v) is 5.56. The van der Waals surface area contributed by atoms with E-state index in [4.69, 9.17) is 4.65 Å². The van der Waals surface area contributed by atoms with Crippen molar-refractivity contribution in [2.24, 2.45) is 0 Å². The largest absolute Gasteiger partial charge is 0.491 e. The van der Waals surface area contributed by atoms with Gasteiger partial charge in [-0.15, -0.1) is 5.10 Å². The Morgan fingerprint density at radius 3 is 2.88 bits per heavy atom. The van der Waals surface area contributed by atoms with Crippen LogP contribution in [0, 0.1) is 5.82 Å². The van der Waals surface area contributed by atoms with Crippen molar-refractivity contribution < 1.29 is 18.9 Å². The summed E-state index contributed by atoms with van der Waals surface area (Å²) in [5.74, 6) is -0.800. The van der Waals surface area contributed by atoms with Crippen LogP contribution < -0.4 is 10.8 Å². The molecule has 25 heavy (non-hydrogen) atoms. The highest BCUT2D eigenvalue weighted by molar-refractivity contribution is 6.61. The monoisotopic (exact) mass is 338 g/mol. The van der Waals surface area contributed by atoms with Crippen molar-refractivity contribution in [2.75, 3.05) is 5.32 Å². The van der Waals surface area contributed by atoms with Gasteiger partial charge in [0.25, 0.3) is 5.91 Å². The Morgan fingerprint density at radius 2 is 2.08 bits per heavy atom. The molecule has 0 spiro atoms. The summed E-state index contributed by atoms with van der Waals surface area (Å²) in [7, 11) is -0.980. The molecule has 0 saturated heterocycles. The summed E-state index contributed by atoms with van der Waals surface area (Å²) in [5, 5.41) is 20.1. The maximum absolute atomic E-state index is 13.0. The number of rotatable bonds is 3. The van der Waals surface area contributed by atoms with Crippen LogP contribution in [-0.4, -0.2) is 33.0 Å². The average Bonchev–Trinajstić information content (AvgIpc) is 3.24. The second kappa shape index (κ2) is 6.12. The van der Waals surface area contributed by atoms with Crippen molar-refractivity contribution in [3.63, 3.8) is 0 Å². The van der Waals surface area contributed by atoms with Gasteiger partial charge in [0.15, 0.2) is 5.69 Å². The number of nitrogens with zero attached hydrogens (tertiary/aromatic N) is 3. The third kappa shape index (κ3) is 3.02. The Kier molecular flexibility index (Phi) is 3.79. The van der Waals surface area contributed by atoms with Crippen LogP contribution in [0.15, 0.2) is 48.7 Å². The molecule has 0 atom stereocenters. The standard InChI is InChI=1S/C16H12BFN4O3/c18-11-2-5-13(6-3-11)22-8-15(20-21-22)16(23)19-12-4-1-10-9-25-17(24)14(10)7-12/h1-8,24H,9H2,(H,19,23). The number of nitrogens with one attached hydrogen (secondary N) is 1.